The van der Waals surface area contributed by atoms with Crippen molar-refractivity contribution in [1.82, 2.24) is 9.99 Å². The van der Waals surface area contributed by atoms with Crippen molar-refractivity contribution in [2.45, 2.75) is 33.2 Å². The molecule has 162 valence electrons. The predicted molar refractivity (Wildman–Crippen MR) is 132 cm³/mol. The van der Waals surface area contributed by atoms with Gasteiger partial charge in [0, 0.05) is 33.7 Å². The lowest BCUT2D eigenvalue weighted by molar-refractivity contribution is -0.120. The number of hydrogen-bond donors (Lipinski definition) is 1. The van der Waals surface area contributed by atoms with Gasteiger partial charge in [0.25, 0.3) is 0 Å². The standard InChI is InChI=1S/C27H26ClN3O/c1-3-20-12-14-21(15-13-20)16-27(32)30-29-17-24-19(2)31(26-11-7-5-9-23(24)26)18-22-8-4-6-10-25(22)28/h4-15,17H,3,16,18H2,1-2H3,(H,30,32)/b29-17-. The van der Waals surface area contributed by atoms with Gasteiger partial charge in [-0.25, -0.2) is 5.43 Å². The number of amides is 1. The molecule has 0 atom stereocenters. The number of halogens is 1. The third-order valence-electron chi connectivity index (χ3n) is 5.74. The van der Waals surface area contributed by atoms with Crippen molar-refractivity contribution in [2.24, 2.45) is 5.10 Å². The summed E-state index contributed by atoms with van der Waals surface area (Å²) in [7, 11) is 0. The first-order valence-corrected chi connectivity index (χ1v) is 11.2. The summed E-state index contributed by atoms with van der Waals surface area (Å²) < 4.78 is 2.23. The van der Waals surface area contributed by atoms with Crippen molar-refractivity contribution in [3.63, 3.8) is 0 Å². The fourth-order valence-corrected chi connectivity index (χ4v) is 4.10. The highest BCUT2D eigenvalue weighted by Crippen LogP contribution is 2.27. The van der Waals surface area contributed by atoms with Crippen molar-refractivity contribution in [3.05, 3.63) is 106 Å². The van der Waals surface area contributed by atoms with E-state index in [1.54, 1.807) is 6.21 Å². The summed E-state index contributed by atoms with van der Waals surface area (Å²) in [5.74, 6) is -0.136. The topological polar surface area (TPSA) is 46.4 Å². The molecule has 0 aliphatic heterocycles. The summed E-state index contributed by atoms with van der Waals surface area (Å²) in [4.78, 5) is 12.3. The first-order chi connectivity index (χ1) is 15.6. The Morgan fingerprint density at radius 2 is 1.69 bits per heavy atom. The van der Waals surface area contributed by atoms with E-state index in [0.29, 0.717) is 13.0 Å². The Kier molecular flexibility index (Phi) is 6.72. The van der Waals surface area contributed by atoms with E-state index in [1.165, 1.54) is 5.56 Å². The van der Waals surface area contributed by atoms with Crippen molar-refractivity contribution >= 4 is 34.6 Å². The normalized spacial score (nSPS) is 11.3. The lowest BCUT2D eigenvalue weighted by Crippen LogP contribution is -2.19. The molecule has 0 spiro atoms. The van der Waals surface area contributed by atoms with Crippen LogP contribution in [0.5, 0.6) is 0 Å². The Morgan fingerprint density at radius 1 is 1.00 bits per heavy atom. The number of hydrogen-bond acceptors (Lipinski definition) is 2. The van der Waals surface area contributed by atoms with E-state index in [2.05, 4.69) is 53.2 Å². The van der Waals surface area contributed by atoms with Crippen molar-refractivity contribution < 1.29 is 4.79 Å². The van der Waals surface area contributed by atoms with Crippen LogP contribution >= 0.6 is 11.6 Å². The van der Waals surface area contributed by atoms with Gasteiger partial charge in [-0.3, -0.25) is 4.79 Å². The quantitative estimate of drug-likeness (QED) is 0.280. The number of para-hydroxylation sites is 1. The molecule has 32 heavy (non-hydrogen) atoms. The summed E-state index contributed by atoms with van der Waals surface area (Å²) in [6.45, 7) is 4.85. The van der Waals surface area contributed by atoms with Crippen LogP contribution in [0.3, 0.4) is 0 Å². The summed E-state index contributed by atoms with van der Waals surface area (Å²) in [5.41, 5.74) is 9.12. The van der Waals surface area contributed by atoms with Crippen molar-refractivity contribution in [3.8, 4) is 0 Å². The molecular weight excluding hydrogens is 418 g/mol. The SMILES string of the molecule is CCc1ccc(CC(=O)N/N=C\c2c(C)n(Cc3ccccc3Cl)c3ccccc23)cc1. The monoisotopic (exact) mass is 443 g/mol. The largest absolute Gasteiger partial charge is 0.340 e. The van der Waals surface area contributed by atoms with E-state index in [1.807, 2.05) is 48.5 Å². The fourth-order valence-electron chi connectivity index (χ4n) is 3.91. The zero-order valence-electron chi connectivity index (χ0n) is 18.3. The van der Waals surface area contributed by atoms with Gasteiger partial charge in [-0.2, -0.15) is 5.10 Å². The van der Waals surface area contributed by atoms with Crippen LogP contribution in [0, 0.1) is 6.92 Å². The Bertz CT molecular complexity index is 1270. The summed E-state index contributed by atoms with van der Waals surface area (Å²) in [6, 6.07) is 24.2. The van der Waals surface area contributed by atoms with E-state index in [9.17, 15) is 4.79 Å². The van der Waals surface area contributed by atoms with Crippen LogP contribution in [0.4, 0.5) is 0 Å². The molecule has 4 nitrogen and oxygen atoms in total. The average molecular weight is 444 g/mol. The molecule has 1 amide bonds. The minimum Gasteiger partial charge on any atom is -0.340 e. The highest BCUT2D eigenvalue weighted by Gasteiger charge is 2.14. The number of fused-ring (bicyclic) bond motifs is 1. The number of carbonyl (C=O) groups excluding carboxylic acids is 1. The molecular formula is C27H26ClN3O. The second-order valence-corrected chi connectivity index (χ2v) is 8.24. The van der Waals surface area contributed by atoms with Crippen LogP contribution in [0.25, 0.3) is 10.9 Å². The van der Waals surface area contributed by atoms with Gasteiger partial charge in [-0.15, -0.1) is 0 Å². The number of carbonyl (C=O) groups is 1. The maximum Gasteiger partial charge on any atom is 0.244 e. The summed E-state index contributed by atoms with van der Waals surface area (Å²) in [6.07, 6.45) is 3.02. The Balaban J connectivity index is 1.53. The van der Waals surface area contributed by atoms with Crippen molar-refractivity contribution in [1.29, 1.82) is 0 Å². The minimum atomic E-state index is -0.136. The van der Waals surface area contributed by atoms with Crippen LogP contribution in [0.1, 0.15) is 34.9 Å². The molecule has 0 fully saturated rings. The van der Waals surface area contributed by atoms with Gasteiger partial charge in [0.05, 0.1) is 12.6 Å². The lowest BCUT2D eigenvalue weighted by Gasteiger charge is -2.10. The molecule has 1 aromatic heterocycles. The number of aryl methyl sites for hydroxylation is 1. The maximum absolute atomic E-state index is 12.3. The lowest BCUT2D eigenvalue weighted by atomic mass is 10.1. The van der Waals surface area contributed by atoms with Gasteiger partial charge in [-0.05, 0) is 42.2 Å². The molecule has 0 bridgehead atoms. The second-order valence-electron chi connectivity index (χ2n) is 7.83. The molecule has 5 heteroatoms. The highest BCUT2D eigenvalue weighted by atomic mass is 35.5. The molecule has 3 aromatic carbocycles. The molecule has 0 radical (unpaired) electrons. The van der Waals surface area contributed by atoms with Crippen LogP contribution in [-0.4, -0.2) is 16.7 Å². The predicted octanol–water partition coefficient (Wildman–Crippen LogP) is 5.91. The Labute approximate surface area is 193 Å². The number of hydrazone groups is 1. The van der Waals surface area contributed by atoms with Crippen LogP contribution in [0.15, 0.2) is 77.9 Å². The Morgan fingerprint density at radius 3 is 2.44 bits per heavy atom. The number of benzene rings is 3. The number of aromatic nitrogens is 1. The molecule has 1 heterocycles. The van der Waals surface area contributed by atoms with E-state index >= 15 is 0 Å². The molecule has 0 unspecified atom stereocenters. The molecule has 0 saturated heterocycles. The average Bonchev–Trinajstić information content (AvgIpc) is 3.07. The zero-order chi connectivity index (χ0) is 22.5. The molecule has 0 aliphatic carbocycles. The van der Waals surface area contributed by atoms with Crippen LogP contribution < -0.4 is 5.43 Å². The fraction of sp³-hybridized carbons (Fsp3) is 0.185. The van der Waals surface area contributed by atoms with Gasteiger partial charge in [0.15, 0.2) is 0 Å². The molecule has 1 N–H and O–H groups in total. The highest BCUT2D eigenvalue weighted by molar-refractivity contribution is 6.31. The van der Waals surface area contributed by atoms with Crippen molar-refractivity contribution in [2.75, 3.05) is 0 Å². The second kappa shape index (κ2) is 9.84. The van der Waals surface area contributed by atoms with Crippen LogP contribution in [0.2, 0.25) is 5.02 Å². The number of nitrogens with one attached hydrogen (secondary N) is 1. The third kappa shape index (κ3) is 4.76. The van der Waals surface area contributed by atoms with E-state index in [0.717, 1.165) is 44.7 Å². The van der Waals surface area contributed by atoms with Crippen LogP contribution in [-0.2, 0) is 24.2 Å². The zero-order valence-corrected chi connectivity index (χ0v) is 19.1. The van der Waals surface area contributed by atoms with E-state index < -0.39 is 0 Å². The molecule has 0 aliphatic rings. The van der Waals surface area contributed by atoms with Gasteiger partial charge in [0.1, 0.15) is 0 Å². The molecule has 0 saturated carbocycles. The van der Waals surface area contributed by atoms with Gasteiger partial charge in [-0.1, -0.05) is 79.2 Å². The third-order valence-corrected chi connectivity index (χ3v) is 6.11. The van der Waals surface area contributed by atoms with E-state index in [4.69, 9.17) is 11.6 Å². The smallest absolute Gasteiger partial charge is 0.244 e. The van der Waals surface area contributed by atoms with Gasteiger partial charge in [0.2, 0.25) is 5.91 Å². The van der Waals surface area contributed by atoms with Gasteiger partial charge < -0.3 is 4.57 Å². The first-order valence-electron chi connectivity index (χ1n) is 10.8. The summed E-state index contributed by atoms with van der Waals surface area (Å²) >= 11 is 6.40. The van der Waals surface area contributed by atoms with E-state index in [-0.39, 0.29) is 5.91 Å². The molecule has 4 rings (SSSR count). The Hall–Kier alpha value is -3.37. The number of nitrogens with zero attached hydrogens (tertiary/aromatic N) is 2. The minimum absolute atomic E-state index is 0.136. The number of rotatable bonds is 7. The molecule has 4 aromatic rings. The summed E-state index contributed by atoms with van der Waals surface area (Å²) in [5, 5.41) is 6.09. The van der Waals surface area contributed by atoms with Gasteiger partial charge >= 0.3 is 0 Å². The maximum atomic E-state index is 12.3. The first kappa shape index (κ1) is 21.8.